The van der Waals surface area contributed by atoms with Gasteiger partial charge in [0.15, 0.2) is 17.3 Å². The number of halogens is 3. The summed E-state index contributed by atoms with van der Waals surface area (Å²) >= 11 is 12.0. The molecule has 9 nitrogen and oxygen atoms in total. The summed E-state index contributed by atoms with van der Waals surface area (Å²) in [7, 11) is 2.11. The van der Waals surface area contributed by atoms with E-state index in [0.717, 1.165) is 25.8 Å². The number of rotatable bonds is 7. The highest BCUT2D eigenvalue weighted by Gasteiger charge is 2.50. The largest absolute Gasteiger partial charge is 0.488 e. The molecule has 3 aromatic rings. The molecule has 1 aliphatic carbocycles. The first-order valence-corrected chi connectivity index (χ1v) is 15.4. The van der Waals surface area contributed by atoms with Crippen molar-refractivity contribution in [1.29, 1.82) is 0 Å². The molecule has 1 amide bonds. The predicted molar refractivity (Wildman–Crippen MR) is 164 cm³/mol. The fraction of sp³-hybridized carbons (Fsp3) is 0.516. The molecular formula is C31H36Cl2FN5O4. The van der Waals surface area contributed by atoms with Crippen LogP contribution in [0.25, 0.3) is 10.9 Å². The molecule has 6 rings (SSSR count). The normalized spacial score (nSPS) is 23.7. The van der Waals surface area contributed by atoms with Gasteiger partial charge in [0, 0.05) is 42.4 Å². The van der Waals surface area contributed by atoms with E-state index in [1.165, 1.54) is 18.5 Å². The highest BCUT2D eigenvalue weighted by atomic mass is 35.5. The van der Waals surface area contributed by atoms with Crippen molar-refractivity contribution in [1.82, 2.24) is 19.8 Å². The van der Waals surface area contributed by atoms with Gasteiger partial charge in [-0.05, 0) is 71.8 Å². The zero-order valence-corrected chi connectivity index (χ0v) is 26.2. The molecule has 0 radical (unpaired) electrons. The fourth-order valence-corrected chi connectivity index (χ4v) is 6.46. The first-order chi connectivity index (χ1) is 20.5. The number of nitrogens with zero attached hydrogens (tertiary/aromatic N) is 4. The maximum atomic E-state index is 14.9. The number of carbonyl (C=O) groups is 1. The lowest BCUT2D eigenvalue weighted by Gasteiger charge is -2.52. The van der Waals surface area contributed by atoms with E-state index in [-0.39, 0.29) is 39.8 Å². The minimum Gasteiger partial charge on any atom is -0.488 e. The van der Waals surface area contributed by atoms with Crippen LogP contribution in [0.5, 0.6) is 11.5 Å². The number of carbonyl (C=O) groups excluding carboxylic acids is 1. The zero-order valence-electron chi connectivity index (χ0n) is 24.7. The summed E-state index contributed by atoms with van der Waals surface area (Å²) in [6.45, 7) is 8.31. The van der Waals surface area contributed by atoms with Crippen molar-refractivity contribution in [2.75, 3.05) is 38.6 Å². The van der Waals surface area contributed by atoms with E-state index in [9.17, 15) is 9.18 Å². The third kappa shape index (κ3) is 6.28. The number of benzene rings is 2. The average molecular weight is 633 g/mol. The number of aromatic nitrogens is 2. The molecule has 230 valence electrons. The van der Waals surface area contributed by atoms with Crippen LogP contribution < -0.4 is 14.8 Å². The van der Waals surface area contributed by atoms with Crippen LogP contribution in [0.1, 0.15) is 40.0 Å². The van der Waals surface area contributed by atoms with Crippen LogP contribution in [0.3, 0.4) is 0 Å². The van der Waals surface area contributed by atoms with Gasteiger partial charge < -0.3 is 29.3 Å². The van der Waals surface area contributed by atoms with Gasteiger partial charge in [-0.25, -0.2) is 19.2 Å². The first kappa shape index (κ1) is 30.0. The van der Waals surface area contributed by atoms with E-state index < -0.39 is 11.4 Å². The van der Waals surface area contributed by atoms with Crippen LogP contribution in [0, 0.1) is 17.7 Å². The van der Waals surface area contributed by atoms with Crippen LogP contribution in [-0.4, -0.2) is 76.9 Å². The highest BCUT2D eigenvalue weighted by molar-refractivity contribution is 6.42. The van der Waals surface area contributed by atoms with Gasteiger partial charge in [0.05, 0.1) is 21.2 Å². The second kappa shape index (κ2) is 11.8. The molecule has 4 atom stereocenters. The second-order valence-electron chi connectivity index (χ2n) is 12.7. The number of piperidine rings is 2. The van der Waals surface area contributed by atoms with Crippen LogP contribution in [-0.2, 0) is 4.74 Å². The second-order valence-corrected chi connectivity index (χ2v) is 13.5. The minimum absolute atomic E-state index is 0.0822. The first-order valence-electron chi connectivity index (χ1n) is 14.6. The van der Waals surface area contributed by atoms with E-state index >= 15 is 0 Å². The lowest BCUT2D eigenvalue weighted by molar-refractivity contribution is -0.0935. The Morgan fingerprint density at radius 1 is 1.14 bits per heavy atom. The molecule has 1 N–H and O–H groups in total. The Balaban J connectivity index is 1.28. The van der Waals surface area contributed by atoms with Crippen molar-refractivity contribution in [3.63, 3.8) is 0 Å². The number of nitrogens with one attached hydrogen (secondary N) is 1. The van der Waals surface area contributed by atoms with Crippen molar-refractivity contribution < 1.29 is 23.4 Å². The van der Waals surface area contributed by atoms with Crippen molar-refractivity contribution in [2.24, 2.45) is 11.8 Å². The topological polar surface area (TPSA) is 89.1 Å². The zero-order chi connectivity index (χ0) is 30.5. The monoisotopic (exact) mass is 631 g/mol. The third-order valence-electron chi connectivity index (χ3n) is 8.45. The summed E-state index contributed by atoms with van der Waals surface area (Å²) in [5, 5.41) is 3.63. The van der Waals surface area contributed by atoms with Gasteiger partial charge in [0.2, 0.25) is 0 Å². The molecule has 2 saturated heterocycles. The molecule has 3 fully saturated rings. The fourth-order valence-electron chi connectivity index (χ4n) is 6.15. The predicted octanol–water partition coefficient (Wildman–Crippen LogP) is 6.93. The van der Waals surface area contributed by atoms with Gasteiger partial charge in [-0.1, -0.05) is 23.2 Å². The van der Waals surface area contributed by atoms with Crippen molar-refractivity contribution >= 4 is 51.7 Å². The summed E-state index contributed by atoms with van der Waals surface area (Å²) in [5.41, 5.74) is 0.204. The van der Waals surface area contributed by atoms with Crippen molar-refractivity contribution in [2.45, 2.75) is 57.8 Å². The summed E-state index contributed by atoms with van der Waals surface area (Å²) < 4.78 is 33.6. The van der Waals surface area contributed by atoms with Gasteiger partial charge in [0.25, 0.3) is 0 Å². The third-order valence-corrected chi connectivity index (χ3v) is 9.23. The number of likely N-dealkylation sites (tertiary alicyclic amines) is 2. The summed E-state index contributed by atoms with van der Waals surface area (Å²) in [6, 6.07) is 7.04. The molecule has 3 aliphatic rings. The van der Waals surface area contributed by atoms with E-state index in [4.69, 9.17) is 37.4 Å². The highest BCUT2D eigenvalue weighted by Crippen LogP contribution is 2.45. The molecule has 0 spiro atoms. The summed E-state index contributed by atoms with van der Waals surface area (Å²) in [4.78, 5) is 25.6. The van der Waals surface area contributed by atoms with Gasteiger partial charge in [-0.15, -0.1) is 0 Å². The number of amides is 1. The van der Waals surface area contributed by atoms with Gasteiger partial charge in [0.1, 0.15) is 30.5 Å². The number of anilines is 2. The lowest BCUT2D eigenvalue weighted by Crippen LogP contribution is -2.62. The Hall–Kier alpha value is -3.08. The number of hydrogen-bond donors (Lipinski definition) is 1. The quantitative estimate of drug-likeness (QED) is 0.281. The van der Waals surface area contributed by atoms with E-state index in [2.05, 4.69) is 27.2 Å². The van der Waals surface area contributed by atoms with Crippen LogP contribution in [0.2, 0.25) is 10.0 Å². The minimum atomic E-state index is -0.671. The number of hydrogen-bond acceptors (Lipinski definition) is 8. The Morgan fingerprint density at radius 3 is 2.60 bits per heavy atom. The van der Waals surface area contributed by atoms with Crippen molar-refractivity contribution in [3.8, 4) is 11.5 Å². The molecule has 2 bridgehead atoms. The van der Waals surface area contributed by atoms with Crippen LogP contribution >= 0.6 is 23.2 Å². The number of ether oxygens (including phenoxy) is 3. The van der Waals surface area contributed by atoms with Gasteiger partial charge >= 0.3 is 6.09 Å². The molecule has 3 heterocycles. The van der Waals surface area contributed by atoms with Crippen LogP contribution in [0.15, 0.2) is 30.6 Å². The van der Waals surface area contributed by atoms with E-state index in [1.54, 1.807) is 4.90 Å². The molecular weight excluding hydrogens is 596 g/mol. The molecule has 1 aromatic heterocycles. The van der Waals surface area contributed by atoms with Gasteiger partial charge in [-0.2, -0.15) is 0 Å². The van der Waals surface area contributed by atoms with E-state index in [1.807, 2.05) is 32.9 Å². The van der Waals surface area contributed by atoms with E-state index in [0.29, 0.717) is 54.0 Å². The molecule has 2 aliphatic heterocycles. The molecule has 43 heavy (non-hydrogen) atoms. The number of fused-ring (bicyclic) bond motifs is 3. The standard InChI is InChI=1S/C31H36Cl2FN5O4/c1-31(2,3)43-30(40)39-13-17-10-18(14-39)28(17)42-25-11-20-23(12-24(25)41-15-19-6-5-9-38(19)4)35-16-36-29(20)37-22-8-7-21(32)26(33)27(22)34/h7-8,11-12,16-19,28H,5-6,9-10,13-15H2,1-4H3,(H,35,36,37)/t17-,18+,19-,28?/m1/s1. The number of likely N-dealkylation sites (N-methyl/N-ethyl adjacent to an activating group) is 1. The SMILES string of the molecule is CN1CCC[C@@H]1COc1cc2ncnc(Nc3ccc(Cl)c(Cl)c3F)c2cc1OC1[C@@H]2C[C@H]1CN(C(=O)OC(C)(C)C)C2. The molecule has 1 saturated carbocycles. The molecule has 2 aromatic carbocycles. The summed E-state index contributed by atoms with van der Waals surface area (Å²) in [5.74, 6) is 1.21. The maximum absolute atomic E-state index is 14.9. The van der Waals surface area contributed by atoms with Gasteiger partial charge in [-0.3, -0.25) is 0 Å². The molecule has 1 unspecified atom stereocenters. The summed E-state index contributed by atoms with van der Waals surface area (Å²) in [6.07, 6.45) is 4.22. The Labute approximate surface area is 260 Å². The maximum Gasteiger partial charge on any atom is 0.410 e. The lowest BCUT2D eigenvalue weighted by atomic mass is 9.68. The Bertz CT molecular complexity index is 1520. The molecule has 12 heteroatoms. The van der Waals surface area contributed by atoms with Crippen molar-refractivity contribution in [3.05, 3.63) is 46.5 Å². The smallest absolute Gasteiger partial charge is 0.410 e. The Kier molecular flexibility index (Phi) is 8.21. The van der Waals surface area contributed by atoms with Crippen LogP contribution in [0.4, 0.5) is 20.7 Å². The Morgan fingerprint density at radius 2 is 1.91 bits per heavy atom. The average Bonchev–Trinajstić information content (AvgIpc) is 3.38.